The summed E-state index contributed by atoms with van der Waals surface area (Å²) >= 11 is 0. The van der Waals surface area contributed by atoms with Crippen molar-refractivity contribution in [2.24, 2.45) is 0 Å². The molecule has 2 fully saturated rings. The molecule has 1 heterocycles. The number of aliphatic hydroxyl groups is 1. The molecule has 0 unspecified atom stereocenters. The molecular weight excluding hydrogens is 216 g/mol. The highest BCUT2D eigenvalue weighted by Gasteiger charge is 2.51. The summed E-state index contributed by atoms with van der Waals surface area (Å²) < 4.78 is 5.50. The lowest BCUT2D eigenvalue weighted by molar-refractivity contribution is 0.111. The minimum atomic E-state index is -0.185. The molecule has 3 rings (SSSR count). The van der Waals surface area contributed by atoms with Crippen molar-refractivity contribution in [1.82, 2.24) is 0 Å². The number of phenolic OH excluding ortho intramolecular Hbond substituents is 1. The second-order valence-electron chi connectivity index (χ2n) is 5.46. The van der Waals surface area contributed by atoms with E-state index in [1.807, 2.05) is 12.1 Å². The van der Waals surface area contributed by atoms with Gasteiger partial charge in [0.25, 0.3) is 0 Å². The van der Waals surface area contributed by atoms with E-state index < -0.39 is 0 Å². The maximum atomic E-state index is 9.75. The van der Waals surface area contributed by atoms with Gasteiger partial charge in [0.1, 0.15) is 5.75 Å². The number of benzene rings is 1. The van der Waals surface area contributed by atoms with Gasteiger partial charge in [0, 0.05) is 5.41 Å². The van der Waals surface area contributed by atoms with Crippen molar-refractivity contribution < 1.29 is 14.9 Å². The van der Waals surface area contributed by atoms with E-state index in [2.05, 4.69) is 0 Å². The number of hydrogen-bond acceptors (Lipinski definition) is 3. The van der Waals surface area contributed by atoms with E-state index in [1.54, 1.807) is 12.1 Å². The molecule has 2 N–H and O–H groups in total. The predicted octanol–water partition coefficient (Wildman–Crippen LogP) is 1.97. The van der Waals surface area contributed by atoms with Crippen LogP contribution in [-0.2, 0) is 10.2 Å². The van der Waals surface area contributed by atoms with Gasteiger partial charge in [0.15, 0.2) is 0 Å². The molecule has 2 aliphatic rings. The molecule has 1 aliphatic heterocycles. The summed E-state index contributed by atoms with van der Waals surface area (Å²) in [5.74, 6) is 0.276. The molecule has 0 aromatic heterocycles. The van der Waals surface area contributed by atoms with E-state index in [4.69, 9.17) is 4.74 Å². The standard InChI is InChI=1S/C14H18O3/c15-9-13(11-2-1-3-12(16)8-11)4-6-14(7-5-13)10-17-14/h1-3,8,15-16H,4-7,9-10H2. The van der Waals surface area contributed by atoms with Crippen molar-refractivity contribution in [3.8, 4) is 5.75 Å². The topological polar surface area (TPSA) is 53.0 Å². The highest BCUT2D eigenvalue weighted by atomic mass is 16.6. The first-order valence-corrected chi connectivity index (χ1v) is 6.23. The molecule has 17 heavy (non-hydrogen) atoms. The van der Waals surface area contributed by atoms with E-state index in [1.165, 1.54) is 0 Å². The molecule has 1 saturated carbocycles. The summed E-state index contributed by atoms with van der Waals surface area (Å²) in [5.41, 5.74) is 1.00. The molecule has 1 aliphatic carbocycles. The lowest BCUT2D eigenvalue weighted by Gasteiger charge is -2.38. The van der Waals surface area contributed by atoms with E-state index in [-0.39, 0.29) is 23.4 Å². The van der Waals surface area contributed by atoms with E-state index in [0.29, 0.717) is 0 Å². The molecule has 1 saturated heterocycles. The molecule has 0 radical (unpaired) electrons. The predicted molar refractivity (Wildman–Crippen MR) is 64.0 cm³/mol. The largest absolute Gasteiger partial charge is 0.508 e. The van der Waals surface area contributed by atoms with E-state index >= 15 is 0 Å². The molecule has 1 aromatic rings. The number of epoxide rings is 1. The van der Waals surface area contributed by atoms with Crippen molar-refractivity contribution in [2.45, 2.75) is 36.7 Å². The first-order valence-electron chi connectivity index (χ1n) is 6.23. The average Bonchev–Trinajstić information content (AvgIpc) is 3.11. The highest BCUT2D eigenvalue weighted by molar-refractivity contribution is 5.34. The van der Waals surface area contributed by atoms with Crippen LogP contribution in [0.1, 0.15) is 31.2 Å². The maximum Gasteiger partial charge on any atom is 0.115 e. The smallest absolute Gasteiger partial charge is 0.115 e. The van der Waals surface area contributed by atoms with E-state index in [9.17, 15) is 10.2 Å². The van der Waals surface area contributed by atoms with Gasteiger partial charge in [-0.2, -0.15) is 0 Å². The fourth-order valence-electron chi connectivity index (χ4n) is 2.95. The Hall–Kier alpha value is -1.06. The minimum absolute atomic E-state index is 0.134. The Morgan fingerprint density at radius 2 is 1.88 bits per heavy atom. The lowest BCUT2D eigenvalue weighted by atomic mass is 9.67. The van der Waals surface area contributed by atoms with Crippen LogP contribution >= 0.6 is 0 Å². The van der Waals surface area contributed by atoms with Crippen LogP contribution in [-0.4, -0.2) is 29.0 Å². The zero-order valence-corrected chi connectivity index (χ0v) is 9.85. The molecule has 3 heteroatoms. The van der Waals surface area contributed by atoms with Crippen LogP contribution in [0.4, 0.5) is 0 Å². The van der Waals surface area contributed by atoms with E-state index in [0.717, 1.165) is 37.9 Å². The molecular formula is C14H18O3. The Kier molecular flexibility index (Phi) is 2.42. The minimum Gasteiger partial charge on any atom is -0.508 e. The summed E-state index contributed by atoms with van der Waals surface area (Å²) in [7, 11) is 0. The van der Waals surface area contributed by atoms with Crippen LogP contribution in [0.3, 0.4) is 0 Å². The molecule has 3 nitrogen and oxygen atoms in total. The summed E-state index contributed by atoms with van der Waals surface area (Å²) in [6.07, 6.45) is 3.91. The Morgan fingerprint density at radius 1 is 1.18 bits per heavy atom. The zero-order valence-electron chi connectivity index (χ0n) is 9.85. The Balaban J connectivity index is 1.87. The fraction of sp³-hybridized carbons (Fsp3) is 0.571. The molecule has 1 aromatic carbocycles. The number of aliphatic hydroxyl groups excluding tert-OH is 1. The summed E-state index contributed by atoms with van der Waals surface area (Å²) in [5, 5.41) is 19.3. The fourth-order valence-corrected chi connectivity index (χ4v) is 2.95. The van der Waals surface area contributed by atoms with Gasteiger partial charge in [-0.3, -0.25) is 0 Å². The van der Waals surface area contributed by atoms with Crippen LogP contribution in [0.5, 0.6) is 5.75 Å². The van der Waals surface area contributed by atoms with Crippen LogP contribution < -0.4 is 0 Å². The highest BCUT2D eigenvalue weighted by Crippen LogP contribution is 2.49. The summed E-state index contributed by atoms with van der Waals surface area (Å²) in [6.45, 7) is 1.03. The van der Waals surface area contributed by atoms with Crippen molar-refractivity contribution in [3.63, 3.8) is 0 Å². The van der Waals surface area contributed by atoms with Gasteiger partial charge in [0.2, 0.25) is 0 Å². The van der Waals surface area contributed by atoms with Gasteiger partial charge in [-0.25, -0.2) is 0 Å². The van der Waals surface area contributed by atoms with Crippen LogP contribution in [0, 0.1) is 0 Å². The quantitative estimate of drug-likeness (QED) is 0.769. The zero-order chi connectivity index (χ0) is 11.9. The third-order valence-corrected chi connectivity index (χ3v) is 4.43. The molecule has 0 bridgehead atoms. The molecule has 0 amide bonds. The first kappa shape index (κ1) is 11.1. The number of ether oxygens (including phenoxy) is 1. The number of phenols is 1. The third kappa shape index (κ3) is 1.83. The average molecular weight is 234 g/mol. The van der Waals surface area contributed by atoms with Gasteiger partial charge >= 0.3 is 0 Å². The van der Waals surface area contributed by atoms with Gasteiger partial charge in [0.05, 0.1) is 18.8 Å². The third-order valence-electron chi connectivity index (χ3n) is 4.43. The normalized spacial score (nSPS) is 36.1. The van der Waals surface area contributed by atoms with Crippen molar-refractivity contribution in [1.29, 1.82) is 0 Å². The number of aromatic hydroxyl groups is 1. The second-order valence-corrected chi connectivity index (χ2v) is 5.46. The van der Waals surface area contributed by atoms with Gasteiger partial charge < -0.3 is 14.9 Å². The monoisotopic (exact) mass is 234 g/mol. The van der Waals surface area contributed by atoms with Crippen LogP contribution in [0.25, 0.3) is 0 Å². The Morgan fingerprint density at radius 3 is 2.41 bits per heavy atom. The number of rotatable bonds is 2. The Labute approximate surface area is 101 Å². The van der Waals surface area contributed by atoms with Crippen molar-refractivity contribution >= 4 is 0 Å². The van der Waals surface area contributed by atoms with Gasteiger partial charge in [-0.1, -0.05) is 12.1 Å². The summed E-state index contributed by atoms with van der Waals surface area (Å²) in [6, 6.07) is 7.30. The maximum absolute atomic E-state index is 9.75. The molecule has 1 spiro atoms. The van der Waals surface area contributed by atoms with Gasteiger partial charge in [-0.15, -0.1) is 0 Å². The van der Waals surface area contributed by atoms with Crippen molar-refractivity contribution in [2.75, 3.05) is 13.2 Å². The second kappa shape index (κ2) is 3.72. The van der Waals surface area contributed by atoms with Crippen LogP contribution in [0.15, 0.2) is 24.3 Å². The van der Waals surface area contributed by atoms with Crippen molar-refractivity contribution in [3.05, 3.63) is 29.8 Å². The Bertz CT molecular complexity index is 413. The molecule has 0 atom stereocenters. The number of hydrogen-bond donors (Lipinski definition) is 2. The molecule has 92 valence electrons. The summed E-state index contributed by atoms with van der Waals surface area (Å²) in [4.78, 5) is 0. The lowest BCUT2D eigenvalue weighted by Crippen LogP contribution is -2.38. The van der Waals surface area contributed by atoms with Gasteiger partial charge in [-0.05, 0) is 43.4 Å². The van der Waals surface area contributed by atoms with Crippen LogP contribution in [0.2, 0.25) is 0 Å². The first-order chi connectivity index (χ1) is 8.18. The SMILES string of the molecule is OCC1(c2cccc(O)c2)CCC2(CC1)CO2.